The minimum absolute atomic E-state index is 0.127. The molecule has 1 rings (SSSR count). The molecule has 5 nitrogen and oxygen atoms in total. The molecule has 0 aliphatic heterocycles. The van der Waals surface area contributed by atoms with Gasteiger partial charge >= 0.3 is 6.18 Å². The van der Waals surface area contributed by atoms with Crippen molar-refractivity contribution in [1.29, 1.82) is 0 Å². The highest BCUT2D eigenvalue weighted by Gasteiger charge is 2.27. The molecular formula is C11H18F3N3O2. The SMILES string of the molecule is CCCNC(C)Cc1nc(COCC(F)(F)F)no1. The van der Waals surface area contributed by atoms with E-state index in [0.29, 0.717) is 12.3 Å². The third-order valence-corrected chi connectivity index (χ3v) is 2.23. The van der Waals surface area contributed by atoms with E-state index in [1.54, 1.807) is 0 Å². The number of ether oxygens (including phenoxy) is 1. The summed E-state index contributed by atoms with van der Waals surface area (Å²) >= 11 is 0. The van der Waals surface area contributed by atoms with Crippen molar-refractivity contribution < 1.29 is 22.4 Å². The Labute approximate surface area is 109 Å². The zero-order valence-corrected chi connectivity index (χ0v) is 11.0. The van der Waals surface area contributed by atoms with E-state index in [-0.39, 0.29) is 18.5 Å². The fraction of sp³-hybridized carbons (Fsp3) is 0.818. The van der Waals surface area contributed by atoms with Crippen LogP contribution >= 0.6 is 0 Å². The van der Waals surface area contributed by atoms with Crippen LogP contribution in [0.3, 0.4) is 0 Å². The topological polar surface area (TPSA) is 60.2 Å². The summed E-state index contributed by atoms with van der Waals surface area (Å²) in [6.45, 7) is 3.30. The van der Waals surface area contributed by atoms with E-state index >= 15 is 0 Å². The van der Waals surface area contributed by atoms with Crippen molar-refractivity contribution in [2.45, 2.75) is 45.5 Å². The summed E-state index contributed by atoms with van der Waals surface area (Å²) in [5.41, 5.74) is 0. The maximum Gasteiger partial charge on any atom is 0.411 e. The Morgan fingerprint density at radius 3 is 2.79 bits per heavy atom. The van der Waals surface area contributed by atoms with Crippen LogP contribution in [0, 0.1) is 0 Å². The predicted molar refractivity (Wildman–Crippen MR) is 61.5 cm³/mol. The molecule has 0 radical (unpaired) electrons. The molecule has 1 heterocycles. The predicted octanol–water partition coefficient (Wildman–Crippen LogP) is 2.08. The van der Waals surface area contributed by atoms with Crippen molar-refractivity contribution in [2.75, 3.05) is 13.2 Å². The van der Waals surface area contributed by atoms with E-state index < -0.39 is 12.8 Å². The van der Waals surface area contributed by atoms with E-state index in [2.05, 4.69) is 27.1 Å². The zero-order valence-electron chi connectivity index (χ0n) is 11.0. The second-order valence-electron chi connectivity index (χ2n) is 4.27. The van der Waals surface area contributed by atoms with E-state index in [9.17, 15) is 13.2 Å². The number of nitrogens with zero attached hydrogens (tertiary/aromatic N) is 2. The first kappa shape index (κ1) is 15.9. The van der Waals surface area contributed by atoms with E-state index in [1.165, 1.54) is 0 Å². The number of alkyl halides is 3. The number of hydrogen-bond acceptors (Lipinski definition) is 5. The van der Waals surface area contributed by atoms with Gasteiger partial charge in [0, 0.05) is 12.5 Å². The van der Waals surface area contributed by atoms with Gasteiger partial charge in [0.2, 0.25) is 5.89 Å². The fourth-order valence-corrected chi connectivity index (χ4v) is 1.41. The fourth-order valence-electron chi connectivity index (χ4n) is 1.41. The minimum Gasteiger partial charge on any atom is -0.364 e. The van der Waals surface area contributed by atoms with Gasteiger partial charge in [0.1, 0.15) is 13.2 Å². The van der Waals surface area contributed by atoms with Gasteiger partial charge in [-0.05, 0) is 19.9 Å². The average molecular weight is 281 g/mol. The minimum atomic E-state index is -4.34. The molecular weight excluding hydrogens is 263 g/mol. The van der Waals surface area contributed by atoms with E-state index in [4.69, 9.17) is 4.52 Å². The van der Waals surface area contributed by atoms with Crippen LogP contribution in [0.1, 0.15) is 32.0 Å². The van der Waals surface area contributed by atoms with Crippen LogP contribution in [0.2, 0.25) is 0 Å². The lowest BCUT2D eigenvalue weighted by Crippen LogP contribution is -2.28. The smallest absolute Gasteiger partial charge is 0.364 e. The average Bonchev–Trinajstić information content (AvgIpc) is 2.72. The van der Waals surface area contributed by atoms with Crippen molar-refractivity contribution >= 4 is 0 Å². The Balaban J connectivity index is 2.31. The van der Waals surface area contributed by atoms with Crippen molar-refractivity contribution in [2.24, 2.45) is 0 Å². The molecule has 1 aromatic heterocycles. The lowest BCUT2D eigenvalue weighted by Gasteiger charge is -2.09. The van der Waals surface area contributed by atoms with Crippen LogP contribution in [-0.2, 0) is 17.8 Å². The number of halogens is 3. The molecule has 0 saturated heterocycles. The van der Waals surface area contributed by atoms with Crippen LogP contribution < -0.4 is 5.32 Å². The van der Waals surface area contributed by atoms with E-state index in [0.717, 1.165) is 13.0 Å². The molecule has 1 N–H and O–H groups in total. The molecule has 0 aromatic carbocycles. The summed E-state index contributed by atoms with van der Waals surface area (Å²) in [6, 6.07) is 0.171. The molecule has 0 aliphatic rings. The summed E-state index contributed by atoms with van der Waals surface area (Å²) in [5.74, 6) is 0.517. The Hall–Kier alpha value is -1.15. The van der Waals surface area contributed by atoms with Gasteiger partial charge < -0.3 is 14.6 Å². The Kier molecular flexibility index (Phi) is 6.23. The monoisotopic (exact) mass is 281 g/mol. The molecule has 0 aliphatic carbocycles. The Bertz CT molecular complexity index is 368. The second-order valence-corrected chi connectivity index (χ2v) is 4.27. The number of hydrogen-bond donors (Lipinski definition) is 1. The van der Waals surface area contributed by atoms with E-state index in [1.807, 2.05) is 6.92 Å². The van der Waals surface area contributed by atoms with Crippen molar-refractivity contribution in [3.05, 3.63) is 11.7 Å². The first-order chi connectivity index (χ1) is 8.90. The third kappa shape index (κ3) is 7.12. The highest BCUT2D eigenvalue weighted by atomic mass is 19.4. The standard InChI is InChI=1S/C11H18F3N3O2/c1-3-4-15-8(2)5-10-16-9(17-19-10)6-18-7-11(12,13)14/h8,15H,3-7H2,1-2H3. The quantitative estimate of drug-likeness (QED) is 0.790. The van der Waals surface area contributed by atoms with Crippen molar-refractivity contribution in [1.82, 2.24) is 15.5 Å². The molecule has 0 spiro atoms. The lowest BCUT2D eigenvalue weighted by molar-refractivity contribution is -0.177. The van der Waals surface area contributed by atoms with Gasteiger partial charge in [-0.2, -0.15) is 18.2 Å². The van der Waals surface area contributed by atoms with Gasteiger partial charge in [-0.25, -0.2) is 0 Å². The normalized spacial score (nSPS) is 13.7. The molecule has 1 unspecified atom stereocenters. The summed E-state index contributed by atoms with van der Waals surface area (Å²) in [4.78, 5) is 3.97. The first-order valence-corrected chi connectivity index (χ1v) is 6.10. The van der Waals surface area contributed by atoms with Crippen molar-refractivity contribution in [3.8, 4) is 0 Å². The molecule has 1 atom stereocenters. The molecule has 0 amide bonds. The van der Waals surface area contributed by atoms with Gasteiger partial charge in [-0.1, -0.05) is 12.1 Å². The maximum absolute atomic E-state index is 11.9. The Morgan fingerprint density at radius 2 is 2.16 bits per heavy atom. The van der Waals surface area contributed by atoms with Crippen LogP contribution in [-0.4, -0.2) is 35.5 Å². The molecule has 0 bridgehead atoms. The molecule has 8 heteroatoms. The van der Waals surface area contributed by atoms with Gasteiger partial charge in [-0.3, -0.25) is 0 Å². The molecule has 0 saturated carbocycles. The molecule has 110 valence electrons. The zero-order chi connectivity index (χ0) is 14.3. The highest BCUT2D eigenvalue weighted by Crippen LogP contribution is 2.15. The first-order valence-electron chi connectivity index (χ1n) is 6.10. The lowest BCUT2D eigenvalue weighted by atomic mass is 10.2. The third-order valence-electron chi connectivity index (χ3n) is 2.23. The summed E-state index contributed by atoms with van der Waals surface area (Å²) in [5, 5.41) is 6.81. The van der Waals surface area contributed by atoms with Gasteiger partial charge in [0.25, 0.3) is 0 Å². The van der Waals surface area contributed by atoms with Gasteiger partial charge in [0.05, 0.1) is 0 Å². The van der Waals surface area contributed by atoms with Gasteiger partial charge in [-0.15, -0.1) is 0 Å². The summed E-state index contributed by atoms with van der Waals surface area (Å²) < 4.78 is 44.9. The molecule has 19 heavy (non-hydrogen) atoms. The van der Waals surface area contributed by atoms with Crippen LogP contribution in [0.5, 0.6) is 0 Å². The van der Waals surface area contributed by atoms with Gasteiger partial charge in [0.15, 0.2) is 5.82 Å². The molecule has 0 fully saturated rings. The van der Waals surface area contributed by atoms with Crippen molar-refractivity contribution in [3.63, 3.8) is 0 Å². The van der Waals surface area contributed by atoms with Crippen LogP contribution in [0.15, 0.2) is 4.52 Å². The number of nitrogens with one attached hydrogen (secondary N) is 1. The number of rotatable bonds is 8. The maximum atomic E-state index is 11.9. The number of aromatic nitrogens is 2. The second kappa shape index (κ2) is 7.44. The summed E-state index contributed by atoms with van der Waals surface area (Å²) in [7, 11) is 0. The highest BCUT2D eigenvalue weighted by molar-refractivity contribution is 4.87. The molecule has 1 aromatic rings. The van der Waals surface area contributed by atoms with Crippen LogP contribution in [0.4, 0.5) is 13.2 Å². The largest absolute Gasteiger partial charge is 0.411 e. The Morgan fingerprint density at radius 1 is 1.42 bits per heavy atom. The van der Waals surface area contributed by atoms with Crippen LogP contribution in [0.25, 0.3) is 0 Å². The summed E-state index contributed by atoms with van der Waals surface area (Å²) in [6.07, 6.45) is -2.79.